The first-order valence-electron chi connectivity index (χ1n) is 9.06. The zero-order valence-electron chi connectivity index (χ0n) is 16.3. The Bertz CT molecular complexity index is 886. The number of hydrogen-bond acceptors (Lipinski definition) is 4. The molecule has 0 aromatic heterocycles. The summed E-state index contributed by atoms with van der Waals surface area (Å²) < 4.78 is 16.7. The van der Waals surface area contributed by atoms with E-state index in [1.54, 1.807) is 6.07 Å². The lowest BCUT2D eigenvalue weighted by molar-refractivity contribution is 0.0600. The molecule has 1 heterocycles. The summed E-state index contributed by atoms with van der Waals surface area (Å²) in [6.45, 7) is 5.40. The van der Waals surface area contributed by atoms with E-state index < -0.39 is 0 Å². The van der Waals surface area contributed by atoms with Crippen LogP contribution in [-0.2, 0) is 11.3 Å². The summed E-state index contributed by atoms with van der Waals surface area (Å²) >= 11 is 0. The Kier molecular flexibility index (Phi) is 6.22. The summed E-state index contributed by atoms with van der Waals surface area (Å²) in [5, 5.41) is 2.25. The summed E-state index contributed by atoms with van der Waals surface area (Å²) in [7, 11) is 1.75. The van der Waals surface area contributed by atoms with Gasteiger partial charge in [0.15, 0.2) is 0 Å². The van der Waals surface area contributed by atoms with Gasteiger partial charge in [0.25, 0.3) is 0 Å². The summed E-state index contributed by atoms with van der Waals surface area (Å²) in [5.41, 5.74) is 4.76. The number of rotatable bonds is 6. The average Bonchev–Trinajstić information content (AvgIpc) is 2.69. The number of carbonyl (C=O) groups is 1. The number of aryl methyl sites for hydroxylation is 1. The molecule has 2 aromatic rings. The average molecular weight is 387 g/mol. The van der Waals surface area contributed by atoms with Crippen molar-refractivity contribution in [3.05, 3.63) is 47.0 Å². The van der Waals surface area contributed by atoms with Crippen molar-refractivity contribution in [2.75, 3.05) is 25.7 Å². The molecular formula is C22H26O4S. The minimum Gasteiger partial charge on any atom is -0.494 e. The van der Waals surface area contributed by atoms with Crippen LogP contribution in [0, 0.1) is 6.92 Å². The van der Waals surface area contributed by atoms with Crippen molar-refractivity contribution in [2.24, 2.45) is 0 Å². The molecule has 0 fully saturated rings. The molecule has 0 saturated heterocycles. The maximum Gasteiger partial charge on any atom is 0.337 e. The highest BCUT2D eigenvalue weighted by atomic mass is 32.2. The molecule has 0 bridgehead atoms. The lowest BCUT2D eigenvalue weighted by Crippen LogP contribution is -2.10. The van der Waals surface area contributed by atoms with Gasteiger partial charge in [0, 0.05) is 11.1 Å². The molecule has 1 unspecified atom stereocenters. The first-order valence-corrected chi connectivity index (χ1v) is 10.9. The fraction of sp³-hybridized carbons (Fsp3) is 0.364. The highest BCUT2D eigenvalue weighted by Crippen LogP contribution is 2.41. The van der Waals surface area contributed by atoms with Crippen LogP contribution in [0.15, 0.2) is 30.3 Å². The molecule has 27 heavy (non-hydrogen) atoms. The standard InChI is InChI=1S/C22H26O4S/c1-5-27(4)10-6-9-25-18-11-15(2)21-17(12-18)14-26-20-8-7-16(13-19(20)21)22(23)24-3/h5,7-8,11-13H,6,9-10,14H2,1-4H3. The van der Waals surface area contributed by atoms with Crippen molar-refractivity contribution in [3.63, 3.8) is 0 Å². The predicted molar refractivity (Wildman–Crippen MR) is 113 cm³/mol. The van der Waals surface area contributed by atoms with Crippen molar-refractivity contribution in [1.82, 2.24) is 0 Å². The Morgan fingerprint density at radius 1 is 1.30 bits per heavy atom. The van der Waals surface area contributed by atoms with Crippen molar-refractivity contribution < 1.29 is 19.0 Å². The van der Waals surface area contributed by atoms with Gasteiger partial charge in [0.05, 0.1) is 19.3 Å². The largest absolute Gasteiger partial charge is 0.494 e. The van der Waals surface area contributed by atoms with Crippen LogP contribution in [-0.4, -0.2) is 37.1 Å². The van der Waals surface area contributed by atoms with E-state index >= 15 is 0 Å². The Morgan fingerprint density at radius 2 is 2.11 bits per heavy atom. The minimum absolute atomic E-state index is 0.346. The Hall–Kier alpha value is -2.27. The van der Waals surface area contributed by atoms with E-state index in [9.17, 15) is 4.79 Å². The fourth-order valence-electron chi connectivity index (χ4n) is 3.25. The molecule has 0 spiro atoms. The van der Waals surface area contributed by atoms with Gasteiger partial charge in [-0.05, 0) is 73.7 Å². The number of carbonyl (C=O) groups excluding carboxylic acids is 1. The number of ether oxygens (including phenoxy) is 3. The normalized spacial score (nSPS) is 13.3. The second-order valence-corrected chi connectivity index (χ2v) is 8.86. The molecule has 5 heteroatoms. The Morgan fingerprint density at radius 3 is 2.85 bits per heavy atom. The quantitative estimate of drug-likeness (QED) is 0.405. The van der Waals surface area contributed by atoms with Crippen molar-refractivity contribution in [2.45, 2.75) is 26.9 Å². The van der Waals surface area contributed by atoms with Crippen LogP contribution in [0.25, 0.3) is 11.1 Å². The van der Waals surface area contributed by atoms with Crippen LogP contribution < -0.4 is 9.47 Å². The second kappa shape index (κ2) is 8.61. The van der Waals surface area contributed by atoms with Crippen LogP contribution in [0.5, 0.6) is 11.5 Å². The molecule has 4 nitrogen and oxygen atoms in total. The number of methoxy groups -OCH3 is 1. The van der Waals surface area contributed by atoms with E-state index in [1.807, 2.05) is 18.2 Å². The lowest BCUT2D eigenvalue weighted by atomic mass is 9.91. The topological polar surface area (TPSA) is 44.8 Å². The number of benzene rings is 2. The molecular weight excluding hydrogens is 360 g/mol. The van der Waals surface area contributed by atoms with E-state index in [4.69, 9.17) is 14.2 Å². The first kappa shape index (κ1) is 19.5. The maximum atomic E-state index is 11.9. The number of esters is 1. The molecule has 1 aliphatic rings. The summed E-state index contributed by atoms with van der Waals surface area (Å²) in [6.07, 6.45) is 3.29. The molecule has 3 rings (SSSR count). The van der Waals surface area contributed by atoms with Gasteiger partial charge in [0.2, 0.25) is 0 Å². The monoisotopic (exact) mass is 386 g/mol. The Labute approximate surface area is 163 Å². The summed E-state index contributed by atoms with van der Waals surface area (Å²) in [4.78, 5) is 11.9. The van der Waals surface area contributed by atoms with Crippen molar-refractivity contribution >= 4 is 21.8 Å². The Balaban J connectivity index is 1.84. The molecule has 144 valence electrons. The van der Waals surface area contributed by atoms with Crippen molar-refractivity contribution in [3.8, 4) is 22.6 Å². The van der Waals surface area contributed by atoms with Gasteiger partial charge in [-0.2, -0.15) is 10.5 Å². The highest BCUT2D eigenvalue weighted by molar-refractivity contribution is 8.14. The van der Waals surface area contributed by atoms with Gasteiger partial charge >= 0.3 is 5.97 Å². The maximum absolute atomic E-state index is 11.9. The van der Waals surface area contributed by atoms with Gasteiger partial charge in [-0.15, -0.1) is 0 Å². The van der Waals surface area contributed by atoms with Crippen LogP contribution in [0.2, 0.25) is 0 Å². The third-order valence-electron chi connectivity index (χ3n) is 4.73. The number of fused-ring (bicyclic) bond motifs is 3. The highest BCUT2D eigenvalue weighted by Gasteiger charge is 2.22. The summed E-state index contributed by atoms with van der Waals surface area (Å²) in [6, 6.07) is 9.53. The lowest BCUT2D eigenvalue weighted by Gasteiger charge is -2.24. The second-order valence-electron chi connectivity index (χ2n) is 6.60. The molecule has 0 N–H and O–H groups in total. The van der Waals surface area contributed by atoms with E-state index in [1.165, 1.54) is 7.11 Å². The summed E-state index contributed by atoms with van der Waals surface area (Å²) in [5.74, 6) is 2.48. The SMILES string of the molecule is C/C=S(\C)CCCOc1cc(C)c2c(c1)COc1ccc(C(=O)OC)cc1-2. The van der Waals surface area contributed by atoms with Gasteiger partial charge in [-0.3, -0.25) is 0 Å². The van der Waals surface area contributed by atoms with E-state index in [0.29, 0.717) is 29.3 Å². The molecule has 0 aliphatic carbocycles. The van der Waals surface area contributed by atoms with E-state index in [-0.39, 0.29) is 5.97 Å². The zero-order chi connectivity index (χ0) is 19.4. The van der Waals surface area contributed by atoms with Gasteiger partial charge in [-0.25, -0.2) is 4.79 Å². The molecule has 0 amide bonds. The predicted octanol–water partition coefficient (Wildman–Crippen LogP) is 4.83. The third kappa shape index (κ3) is 4.35. The van der Waals surface area contributed by atoms with Crippen molar-refractivity contribution in [1.29, 1.82) is 0 Å². The first-order chi connectivity index (χ1) is 13.0. The third-order valence-corrected chi connectivity index (χ3v) is 6.46. The molecule has 0 saturated carbocycles. The van der Waals surface area contributed by atoms with E-state index in [2.05, 4.69) is 31.5 Å². The molecule has 0 radical (unpaired) electrons. The van der Waals surface area contributed by atoms with Crippen LogP contribution >= 0.6 is 10.5 Å². The van der Waals surface area contributed by atoms with Crippen LogP contribution in [0.3, 0.4) is 0 Å². The van der Waals surface area contributed by atoms with Crippen LogP contribution in [0.1, 0.15) is 34.8 Å². The smallest absolute Gasteiger partial charge is 0.337 e. The molecule has 1 atom stereocenters. The molecule has 1 aliphatic heterocycles. The van der Waals surface area contributed by atoms with Gasteiger partial charge in [-0.1, -0.05) is 5.37 Å². The van der Waals surface area contributed by atoms with Crippen LogP contribution in [0.4, 0.5) is 0 Å². The van der Waals surface area contributed by atoms with E-state index in [0.717, 1.165) is 45.9 Å². The van der Waals surface area contributed by atoms with Gasteiger partial charge in [0.1, 0.15) is 18.1 Å². The zero-order valence-corrected chi connectivity index (χ0v) is 17.2. The van der Waals surface area contributed by atoms with Gasteiger partial charge < -0.3 is 14.2 Å². The number of hydrogen-bond donors (Lipinski definition) is 0. The molecule has 2 aromatic carbocycles. The minimum atomic E-state index is -0.346. The fourth-order valence-corrected chi connectivity index (χ4v) is 4.06.